The van der Waals surface area contributed by atoms with Crippen molar-refractivity contribution in [1.82, 2.24) is 5.32 Å². The third-order valence-corrected chi connectivity index (χ3v) is 4.91. The van der Waals surface area contributed by atoms with Crippen LogP contribution in [0.2, 0.25) is 0 Å². The Morgan fingerprint density at radius 3 is 2.56 bits per heavy atom. The molecule has 1 atom stereocenters. The maximum atomic E-state index is 12.8. The standard InChI is InChI=1S/C25H22N4O3/c1-32-25(31)23(14-17-5-4-6-18(13-17)16-28-27)29-24(30)20-11-9-19(10-12-20)22-8-3-2-7-21(22)15-26/h2-13,16,23H,14,27H2,1H3,(H,29,30)/t23-/m0/s1. The van der Waals surface area contributed by atoms with Gasteiger partial charge in [0, 0.05) is 12.0 Å². The molecule has 0 unspecified atom stereocenters. The molecule has 0 bridgehead atoms. The highest BCUT2D eigenvalue weighted by atomic mass is 16.5. The number of hydrogen-bond donors (Lipinski definition) is 2. The van der Waals surface area contributed by atoms with Gasteiger partial charge in [0.25, 0.3) is 5.91 Å². The average Bonchev–Trinajstić information content (AvgIpc) is 2.83. The largest absolute Gasteiger partial charge is 0.467 e. The van der Waals surface area contributed by atoms with E-state index in [0.29, 0.717) is 11.1 Å². The lowest BCUT2D eigenvalue weighted by atomic mass is 9.99. The summed E-state index contributed by atoms with van der Waals surface area (Å²) in [5, 5.41) is 15.5. The molecule has 0 fully saturated rings. The molecule has 3 rings (SSSR count). The third-order valence-electron chi connectivity index (χ3n) is 4.91. The van der Waals surface area contributed by atoms with Crippen molar-refractivity contribution < 1.29 is 14.3 Å². The Morgan fingerprint density at radius 1 is 1.12 bits per heavy atom. The van der Waals surface area contributed by atoms with Crippen molar-refractivity contribution in [1.29, 1.82) is 5.26 Å². The van der Waals surface area contributed by atoms with Gasteiger partial charge >= 0.3 is 5.97 Å². The molecule has 32 heavy (non-hydrogen) atoms. The van der Waals surface area contributed by atoms with Gasteiger partial charge in [0.15, 0.2) is 0 Å². The Labute approximate surface area is 186 Å². The number of nitriles is 1. The van der Waals surface area contributed by atoms with Crippen molar-refractivity contribution >= 4 is 18.1 Å². The lowest BCUT2D eigenvalue weighted by molar-refractivity contribution is -0.142. The highest BCUT2D eigenvalue weighted by molar-refractivity contribution is 5.97. The van der Waals surface area contributed by atoms with E-state index < -0.39 is 17.9 Å². The third kappa shape index (κ3) is 5.37. The van der Waals surface area contributed by atoms with E-state index in [-0.39, 0.29) is 6.42 Å². The van der Waals surface area contributed by atoms with Crippen LogP contribution in [-0.2, 0) is 16.0 Å². The lowest BCUT2D eigenvalue weighted by Gasteiger charge is -2.17. The molecule has 0 spiro atoms. The van der Waals surface area contributed by atoms with Gasteiger partial charge in [0.1, 0.15) is 6.04 Å². The minimum atomic E-state index is -0.864. The first-order valence-electron chi connectivity index (χ1n) is 9.86. The summed E-state index contributed by atoms with van der Waals surface area (Å²) in [6, 6.07) is 22.7. The number of carbonyl (C=O) groups is 2. The average molecular weight is 426 g/mol. The summed E-state index contributed by atoms with van der Waals surface area (Å²) >= 11 is 0. The van der Waals surface area contributed by atoms with Crippen LogP contribution >= 0.6 is 0 Å². The first-order valence-corrected chi connectivity index (χ1v) is 9.86. The van der Waals surface area contributed by atoms with Crippen molar-refractivity contribution in [3.8, 4) is 17.2 Å². The topological polar surface area (TPSA) is 118 Å². The molecule has 3 N–H and O–H groups in total. The van der Waals surface area contributed by atoms with Gasteiger partial charge in [-0.05, 0) is 40.5 Å². The quantitative estimate of drug-likeness (QED) is 0.261. The SMILES string of the molecule is COC(=O)[C@H](Cc1cccc(C=NN)c1)NC(=O)c1ccc(-c2ccccc2C#N)cc1. The number of rotatable bonds is 7. The van der Waals surface area contributed by atoms with Gasteiger partial charge in [-0.25, -0.2) is 4.79 Å². The van der Waals surface area contributed by atoms with Gasteiger partial charge < -0.3 is 15.9 Å². The van der Waals surface area contributed by atoms with Gasteiger partial charge in [-0.2, -0.15) is 10.4 Å². The molecule has 7 heteroatoms. The summed E-state index contributed by atoms with van der Waals surface area (Å²) in [5.74, 6) is 4.25. The number of esters is 1. The zero-order valence-electron chi connectivity index (χ0n) is 17.5. The fraction of sp³-hybridized carbons (Fsp3) is 0.120. The lowest BCUT2D eigenvalue weighted by Crippen LogP contribution is -2.43. The highest BCUT2D eigenvalue weighted by Gasteiger charge is 2.23. The fourth-order valence-corrected chi connectivity index (χ4v) is 3.33. The van der Waals surface area contributed by atoms with E-state index in [1.54, 1.807) is 36.4 Å². The summed E-state index contributed by atoms with van der Waals surface area (Å²) in [6.07, 6.45) is 1.75. The Kier molecular flexibility index (Phi) is 7.33. The summed E-state index contributed by atoms with van der Waals surface area (Å²) in [6.45, 7) is 0. The van der Waals surface area contributed by atoms with Crippen LogP contribution in [0.15, 0.2) is 77.9 Å². The van der Waals surface area contributed by atoms with Crippen molar-refractivity contribution in [3.05, 3.63) is 95.1 Å². The van der Waals surface area contributed by atoms with Crippen LogP contribution in [0.1, 0.15) is 27.0 Å². The monoisotopic (exact) mass is 426 g/mol. The van der Waals surface area contributed by atoms with Crippen LogP contribution in [0.5, 0.6) is 0 Å². The number of nitrogens with zero attached hydrogens (tertiary/aromatic N) is 2. The first kappa shape index (κ1) is 22.2. The zero-order chi connectivity index (χ0) is 22.9. The molecule has 0 heterocycles. The van der Waals surface area contributed by atoms with Crippen LogP contribution in [0.4, 0.5) is 0 Å². The molecule has 1 amide bonds. The molecule has 0 aliphatic heterocycles. The number of methoxy groups -OCH3 is 1. The molecule has 0 radical (unpaired) electrons. The molecule has 3 aromatic rings. The smallest absolute Gasteiger partial charge is 0.328 e. The van der Waals surface area contributed by atoms with Gasteiger partial charge in [0.05, 0.1) is 25.0 Å². The Balaban J connectivity index is 1.77. The van der Waals surface area contributed by atoms with E-state index in [1.807, 2.05) is 36.4 Å². The van der Waals surface area contributed by atoms with Crippen molar-refractivity contribution in [3.63, 3.8) is 0 Å². The fourth-order valence-electron chi connectivity index (χ4n) is 3.33. The summed E-state index contributed by atoms with van der Waals surface area (Å²) in [5.41, 5.74) is 4.16. The van der Waals surface area contributed by atoms with Crippen molar-refractivity contribution in [2.75, 3.05) is 7.11 Å². The van der Waals surface area contributed by atoms with Gasteiger partial charge in [-0.3, -0.25) is 4.79 Å². The number of amides is 1. The van der Waals surface area contributed by atoms with Crippen molar-refractivity contribution in [2.45, 2.75) is 12.5 Å². The van der Waals surface area contributed by atoms with E-state index in [4.69, 9.17) is 10.6 Å². The van der Waals surface area contributed by atoms with E-state index in [1.165, 1.54) is 13.3 Å². The number of nitrogens with two attached hydrogens (primary N) is 1. The van der Waals surface area contributed by atoms with E-state index in [9.17, 15) is 14.9 Å². The summed E-state index contributed by atoms with van der Waals surface area (Å²) in [4.78, 5) is 25.1. The number of ether oxygens (including phenoxy) is 1. The van der Waals surface area contributed by atoms with Crippen LogP contribution in [0, 0.1) is 11.3 Å². The molecule has 0 saturated carbocycles. The molecule has 7 nitrogen and oxygen atoms in total. The summed E-state index contributed by atoms with van der Waals surface area (Å²) in [7, 11) is 1.28. The molecule has 0 saturated heterocycles. The predicted octanol–water partition coefficient (Wildman–Crippen LogP) is 3.03. The predicted molar refractivity (Wildman–Crippen MR) is 122 cm³/mol. The number of hydrogen-bond acceptors (Lipinski definition) is 6. The first-order chi connectivity index (χ1) is 15.5. The molecule has 0 aliphatic rings. The molecular formula is C25H22N4O3. The maximum Gasteiger partial charge on any atom is 0.328 e. The Bertz CT molecular complexity index is 1180. The molecule has 0 aromatic heterocycles. The Hall–Kier alpha value is -4.44. The van der Waals surface area contributed by atoms with Crippen LogP contribution in [0.25, 0.3) is 11.1 Å². The second kappa shape index (κ2) is 10.5. The Morgan fingerprint density at radius 2 is 1.88 bits per heavy atom. The molecule has 160 valence electrons. The van der Waals surface area contributed by atoms with Crippen LogP contribution in [0.3, 0.4) is 0 Å². The van der Waals surface area contributed by atoms with Gasteiger partial charge in [-0.15, -0.1) is 0 Å². The molecule has 0 aliphatic carbocycles. The minimum Gasteiger partial charge on any atom is -0.467 e. The maximum absolute atomic E-state index is 12.8. The number of nitrogens with one attached hydrogen (secondary N) is 1. The normalized spacial score (nSPS) is 11.5. The van der Waals surface area contributed by atoms with E-state index in [0.717, 1.165) is 22.3 Å². The van der Waals surface area contributed by atoms with Crippen molar-refractivity contribution in [2.24, 2.45) is 10.9 Å². The second-order valence-corrected chi connectivity index (χ2v) is 7.01. The minimum absolute atomic E-state index is 0.248. The highest BCUT2D eigenvalue weighted by Crippen LogP contribution is 2.23. The second-order valence-electron chi connectivity index (χ2n) is 7.01. The summed E-state index contributed by atoms with van der Waals surface area (Å²) < 4.78 is 4.87. The molecule has 3 aromatic carbocycles. The number of hydrazone groups is 1. The zero-order valence-corrected chi connectivity index (χ0v) is 17.5. The molecular weight excluding hydrogens is 404 g/mol. The number of benzene rings is 3. The van der Waals surface area contributed by atoms with Gasteiger partial charge in [-0.1, -0.05) is 54.6 Å². The van der Waals surface area contributed by atoms with Crippen LogP contribution in [-0.4, -0.2) is 31.2 Å². The van der Waals surface area contributed by atoms with E-state index in [2.05, 4.69) is 16.5 Å². The number of carbonyl (C=O) groups excluding carboxylic acids is 2. The van der Waals surface area contributed by atoms with Gasteiger partial charge in [0.2, 0.25) is 0 Å². The van der Waals surface area contributed by atoms with Crippen LogP contribution < -0.4 is 11.2 Å². The van der Waals surface area contributed by atoms with E-state index >= 15 is 0 Å².